The van der Waals surface area contributed by atoms with E-state index in [0.29, 0.717) is 0 Å². The molecular weight excluding hydrogens is 142 g/mol. The first-order valence-electron chi connectivity index (χ1n) is 3.77. The molecule has 0 aliphatic heterocycles. The minimum atomic E-state index is -0.318. The fourth-order valence-electron chi connectivity index (χ4n) is 0.929. The number of nitrogens with two attached hydrogens (primary N) is 1. The predicted octanol–water partition coefficient (Wildman–Crippen LogP) is 1.07. The molecule has 0 rings (SSSR count). The van der Waals surface area contributed by atoms with Gasteiger partial charge in [0.25, 0.3) is 0 Å². The number of carbonyl (C=O) groups excluding carboxylic acids is 1. The van der Waals surface area contributed by atoms with Crippen molar-refractivity contribution in [3.8, 4) is 0 Å². The summed E-state index contributed by atoms with van der Waals surface area (Å²) < 4.78 is 5.45. The second kappa shape index (κ2) is 3.72. The molecule has 0 aromatic carbocycles. The van der Waals surface area contributed by atoms with Gasteiger partial charge in [0.15, 0.2) is 0 Å². The van der Waals surface area contributed by atoms with Crippen LogP contribution in [0.15, 0.2) is 0 Å². The van der Waals surface area contributed by atoms with E-state index in [-0.39, 0.29) is 24.0 Å². The van der Waals surface area contributed by atoms with Gasteiger partial charge < -0.3 is 10.5 Å². The summed E-state index contributed by atoms with van der Waals surface area (Å²) >= 11 is 0. The predicted molar refractivity (Wildman–Crippen MR) is 44.1 cm³/mol. The highest BCUT2D eigenvalue weighted by Gasteiger charge is 2.16. The van der Waals surface area contributed by atoms with Crippen molar-refractivity contribution < 1.29 is 9.53 Å². The van der Waals surface area contributed by atoms with E-state index >= 15 is 0 Å². The average Bonchev–Trinajstić information content (AvgIpc) is 1.53. The van der Waals surface area contributed by atoms with E-state index in [1.807, 2.05) is 27.7 Å². The van der Waals surface area contributed by atoms with E-state index in [1.54, 1.807) is 0 Å². The van der Waals surface area contributed by atoms with Gasteiger partial charge in [-0.25, -0.2) is 0 Å². The Morgan fingerprint density at radius 1 is 1.55 bits per heavy atom. The third-order valence-electron chi connectivity index (χ3n) is 1.04. The molecular formula is C8H17NO2. The number of rotatable bonds is 3. The van der Waals surface area contributed by atoms with Crippen molar-refractivity contribution >= 4 is 5.91 Å². The Kier molecular flexibility index (Phi) is 3.52. The molecule has 0 unspecified atom stereocenters. The maximum absolute atomic E-state index is 10.4. The molecule has 0 heterocycles. The molecule has 66 valence electrons. The molecule has 0 bridgehead atoms. The normalized spacial score (nSPS) is 14.5. The molecule has 0 saturated heterocycles. The van der Waals surface area contributed by atoms with Crippen LogP contribution in [-0.2, 0) is 9.53 Å². The summed E-state index contributed by atoms with van der Waals surface area (Å²) in [5.74, 6) is -0.318. The standard InChI is InChI=1S/C8H17NO2/c1-6(5-7(9)10)11-8(2,3)4/h6H,5H2,1-4H3,(H2,9,10)/t6-/m1/s1. The molecule has 0 fully saturated rings. The molecule has 0 saturated carbocycles. The topological polar surface area (TPSA) is 52.3 Å². The van der Waals surface area contributed by atoms with Gasteiger partial charge in [-0.2, -0.15) is 0 Å². The molecule has 0 spiro atoms. The molecule has 1 amide bonds. The van der Waals surface area contributed by atoms with Crippen LogP contribution in [0.25, 0.3) is 0 Å². The van der Waals surface area contributed by atoms with E-state index in [2.05, 4.69) is 0 Å². The lowest BCUT2D eigenvalue weighted by atomic mass is 10.1. The van der Waals surface area contributed by atoms with Gasteiger partial charge >= 0.3 is 0 Å². The van der Waals surface area contributed by atoms with Gasteiger partial charge in [-0.15, -0.1) is 0 Å². The SMILES string of the molecule is C[C@H](CC(N)=O)OC(C)(C)C. The molecule has 11 heavy (non-hydrogen) atoms. The van der Waals surface area contributed by atoms with E-state index < -0.39 is 0 Å². The number of carbonyl (C=O) groups is 1. The largest absolute Gasteiger partial charge is 0.372 e. The number of amides is 1. The lowest BCUT2D eigenvalue weighted by Gasteiger charge is -2.24. The van der Waals surface area contributed by atoms with E-state index in [0.717, 1.165) is 0 Å². The van der Waals surface area contributed by atoms with Gasteiger partial charge in [-0.1, -0.05) is 0 Å². The third kappa shape index (κ3) is 7.33. The van der Waals surface area contributed by atoms with Crippen LogP contribution in [0.4, 0.5) is 0 Å². The molecule has 0 aromatic heterocycles. The minimum absolute atomic E-state index is 0.0903. The van der Waals surface area contributed by atoms with Crippen molar-refractivity contribution in [3.05, 3.63) is 0 Å². The van der Waals surface area contributed by atoms with E-state index in [9.17, 15) is 4.79 Å². The van der Waals surface area contributed by atoms with Crippen LogP contribution in [0.1, 0.15) is 34.1 Å². The molecule has 0 aliphatic rings. The summed E-state index contributed by atoms with van der Waals surface area (Å²) in [6, 6.07) is 0. The lowest BCUT2D eigenvalue weighted by Crippen LogP contribution is -2.29. The first kappa shape index (κ1) is 10.4. The van der Waals surface area contributed by atoms with Crippen molar-refractivity contribution in [1.82, 2.24) is 0 Å². The highest BCUT2D eigenvalue weighted by atomic mass is 16.5. The zero-order valence-electron chi connectivity index (χ0n) is 7.68. The Hall–Kier alpha value is -0.570. The number of hydrogen-bond donors (Lipinski definition) is 1. The van der Waals surface area contributed by atoms with Crippen molar-refractivity contribution in [2.75, 3.05) is 0 Å². The smallest absolute Gasteiger partial charge is 0.220 e. The fraction of sp³-hybridized carbons (Fsp3) is 0.875. The van der Waals surface area contributed by atoms with Gasteiger partial charge in [0.05, 0.1) is 18.1 Å². The van der Waals surface area contributed by atoms with Gasteiger partial charge in [-0.3, -0.25) is 4.79 Å². The molecule has 0 aromatic rings. The van der Waals surface area contributed by atoms with Crippen LogP contribution in [0, 0.1) is 0 Å². The van der Waals surface area contributed by atoms with Crippen LogP contribution in [0.2, 0.25) is 0 Å². The maximum atomic E-state index is 10.4. The summed E-state index contributed by atoms with van der Waals surface area (Å²) in [7, 11) is 0. The Bertz CT molecular complexity index is 138. The molecule has 2 N–H and O–H groups in total. The zero-order chi connectivity index (χ0) is 9.07. The van der Waals surface area contributed by atoms with Crippen LogP contribution in [-0.4, -0.2) is 17.6 Å². The second-order valence-electron chi connectivity index (χ2n) is 3.71. The Labute approximate surface area is 67.9 Å². The number of ether oxygens (including phenoxy) is 1. The van der Waals surface area contributed by atoms with Crippen molar-refractivity contribution in [2.24, 2.45) is 5.73 Å². The highest BCUT2D eigenvalue weighted by molar-refractivity contribution is 5.74. The van der Waals surface area contributed by atoms with Crippen molar-refractivity contribution in [1.29, 1.82) is 0 Å². The maximum Gasteiger partial charge on any atom is 0.220 e. The zero-order valence-corrected chi connectivity index (χ0v) is 7.68. The van der Waals surface area contributed by atoms with Crippen LogP contribution in [0.5, 0.6) is 0 Å². The molecule has 1 atom stereocenters. The van der Waals surface area contributed by atoms with Crippen LogP contribution in [0.3, 0.4) is 0 Å². The molecule has 3 nitrogen and oxygen atoms in total. The summed E-state index contributed by atoms with van der Waals surface area (Å²) in [6.45, 7) is 7.69. The Morgan fingerprint density at radius 3 is 2.27 bits per heavy atom. The monoisotopic (exact) mass is 159 g/mol. The van der Waals surface area contributed by atoms with Gasteiger partial charge in [-0.05, 0) is 27.7 Å². The summed E-state index contributed by atoms with van der Waals surface area (Å²) in [5.41, 5.74) is 4.79. The van der Waals surface area contributed by atoms with Crippen LogP contribution >= 0.6 is 0 Å². The molecule has 3 heteroatoms. The third-order valence-corrected chi connectivity index (χ3v) is 1.04. The van der Waals surface area contributed by atoms with Crippen LogP contribution < -0.4 is 5.73 Å². The number of hydrogen-bond acceptors (Lipinski definition) is 2. The van der Waals surface area contributed by atoms with Gasteiger partial charge in [0.2, 0.25) is 5.91 Å². The minimum Gasteiger partial charge on any atom is -0.372 e. The van der Waals surface area contributed by atoms with Gasteiger partial charge in [0, 0.05) is 0 Å². The Balaban J connectivity index is 3.69. The summed E-state index contributed by atoms with van der Waals surface area (Å²) in [4.78, 5) is 10.4. The second-order valence-corrected chi connectivity index (χ2v) is 3.71. The number of primary amides is 1. The first-order chi connectivity index (χ1) is 4.81. The lowest BCUT2D eigenvalue weighted by molar-refractivity contribution is -0.123. The average molecular weight is 159 g/mol. The van der Waals surface area contributed by atoms with Crippen molar-refractivity contribution in [3.63, 3.8) is 0 Å². The first-order valence-corrected chi connectivity index (χ1v) is 3.77. The summed E-state index contributed by atoms with van der Waals surface area (Å²) in [6.07, 6.45) is 0.199. The Morgan fingerprint density at radius 2 is 2.00 bits per heavy atom. The fourth-order valence-corrected chi connectivity index (χ4v) is 0.929. The summed E-state index contributed by atoms with van der Waals surface area (Å²) in [5, 5.41) is 0. The van der Waals surface area contributed by atoms with Crippen molar-refractivity contribution in [2.45, 2.75) is 45.8 Å². The highest BCUT2D eigenvalue weighted by Crippen LogP contribution is 2.11. The van der Waals surface area contributed by atoms with E-state index in [4.69, 9.17) is 10.5 Å². The molecule has 0 aliphatic carbocycles. The molecule has 0 radical (unpaired) electrons. The van der Waals surface area contributed by atoms with E-state index in [1.165, 1.54) is 0 Å². The quantitative estimate of drug-likeness (QED) is 0.669. The van der Waals surface area contributed by atoms with Gasteiger partial charge in [0.1, 0.15) is 0 Å².